The van der Waals surface area contributed by atoms with Crippen LogP contribution < -0.4 is 0 Å². The van der Waals surface area contributed by atoms with Crippen molar-refractivity contribution >= 4 is 17.5 Å². The van der Waals surface area contributed by atoms with Gasteiger partial charge in [0, 0.05) is 38.5 Å². The minimum atomic E-state index is 0.236. The Balaban J connectivity index is 1.83. The van der Waals surface area contributed by atoms with Gasteiger partial charge in [-0.2, -0.15) is 0 Å². The summed E-state index contributed by atoms with van der Waals surface area (Å²) in [5.41, 5.74) is 0. The van der Waals surface area contributed by atoms with Gasteiger partial charge in [-0.1, -0.05) is 18.5 Å². The molecule has 0 bridgehead atoms. The van der Waals surface area contributed by atoms with Gasteiger partial charge in [0.15, 0.2) is 0 Å². The van der Waals surface area contributed by atoms with E-state index in [1.165, 1.54) is 0 Å². The van der Waals surface area contributed by atoms with Gasteiger partial charge in [0.1, 0.15) is 11.0 Å². The minimum Gasteiger partial charge on any atom is -0.343 e. The number of amides is 1. The Morgan fingerprint density at radius 2 is 2.09 bits per heavy atom. The molecule has 0 spiro atoms. The van der Waals surface area contributed by atoms with E-state index in [1.54, 1.807) is 6.20 Å². The predicted octanol–water partition coefficient (Wildman–Crippen LogP) is 2.43. The number of carbonyl (C=O) groups is 1. The van der Waals surface area contributed by atoms with Gasteiger partial charge in [-0.05, 0) is 33.4 Å². The van der Waals surface area contributed by atoms with E-state index in [1.807, 2.05) is 9.47 Å². The molecular formula is C16H27ClN4O. The Hall–Kier alpha value is -1.07. The zero-order valence-corrected chi connectivity index (χ0v) is 14.6. The number of imidazole rings is 1. The molecule has 1 amide bonds. The third-order valence-corrected chi connectivity index (χ3v) is 4.75. The second kappa shape index (κ2) is 7.97. The molecule has 6 heteroatoms. The zero-order chi connectivity index (χ0) is 16.1. The van der Waals surface area contributed by atoms with Gasteiger partial charge < -0.3 is 14.4 Å². The van der Waals surface area contributed by atoms with Gasteiger partial charge in [0.25, 0.3) is 0 Å². The summed E-state index contributed by atoms with van der Waals surface area (Å²) < 4.78 is 2.01. The molecule has 1 fully saturated rings. The predicted molar refractivity (Wildman–Crippen MR) is 89.1 cm³/mol. The summed E-state index contributed by atoms with van der Waals surface area (Å²) in [6.07, 6.45) is 6.00. The van der Waals surface area contributed by atoms with Crippen LogP contribution in [-0.4, -0.2) is 58.5 Å². The Morgan fingerprint density at radius 1 is 1.41 bits per heavy atom. The number of hydrogen-bond acceptors (Lipinski definition) is 3. The van der Waals surface area contributed by atoms with Crippen LogP contribution in [0, 0.1) is 0 Å². The average molecular weight is 327 g/mol. The van der Waals surface area contributed by atoms with E-state index < -0.39 is 0 Å². The highest BCUT2D eigenvalue weighted by molar-refractivity contribution is 6.29. The maximum absolute atomic E-state index is 12.4. The number of piperidine rings is 1. The van der Waals surface area contributed by atoms with Crippen molar-refractivity contribution in [3.05, 3.63) is 17.2 Å². The molecule has 2 rings (SSSR count). The second-order valence-electron chi connectivity index (χ2n) is 6.22. The molecule has 1 aliphatic rings. The van der Waals surface area contributed by atoms with Crippen LogP contribution in [0.4, 0.5) is 0 Å². The molecule has 0 radical (unpaired) electrons. The lowest BCUT2D eigenvalue weighted by atomic mass is 10.0. The highest BCUT2D eigenvalue weighted by atomic mass is 35.5. The first kappa shape index (κ1) is 17.3. The molecule has 124 valence electrons. The molecule has 0 atom stereocenters. The Labute approximate surface area is 138 Å². The summed E-state index contributed by atoms with van der Waals surface area (Å²) in [7, 11) is 4.22. The highest BCUT2D eigenvalue weighted by Gasteiger charge is 2.23. The standard InChI is InChI=1S/C16H27ClN4O/c1-4-9-21-14(17)12-18-15(21)5-6-16(22)20-10-7-13(8-11-20)19(2)3/h12-13H,4-11H2,1-3H3. The molecule has 1 aromatic rings. The van der Waals surface area contributed by atoms with Crippen molar-refractivity contribution < 1.29 is 4.79 Å². The first-order chi connectivity index (χ1) is 10.5. The fourth-order valence-electron chi connectivity index (χ4n) is 3.06. The van der Waals surface area contributed by atoms with Crippen LogP contribution in [0.25, 0.3) is 0 Å². The van der Waals surface area contributed by atoms with Crippen molar-refractivity contribution in [2.75, 3.05) is 27.2 Å². The maximum atomic E-state index is 12.4. The van der Waals surface area contributed by atoms with Gasteiger partial charge >= 0.3 is 0 Å². The molecule has 22 heavy (non-hydrogen) atoms. The lowest BCUT2D eigenvalue weighted by Gasteiger charge is -2.35. The van der Waals surface area contributed by atoms with E-state index in [0.29, 0.717) is 24.0 Å². The number of rotatable bonds is 6. The number of hydrogen-bond donors (Lipinski definition) is 0. The molecule has 1 aromatic heterocycles. The monoisotopic (exact) mass is 326 g/mol. The minimum absolute atomic E-state index is 0.236. The lowest BCUT2D eigenvalue weighted by molar-refractivity contribution is -0.132. The number of nitrogens with zero attached hydrogens (tertiary/aromatic N) is 4. The van der Waals surface area contributed by atoms with Crippen molar-refractivity contribution in [1.29, 1.82) is 0 Å². The summed E-state index contributed by atoms with van der Waals surface area (Å²) in [6, 6.07) is 0.603. The van der Waals surface area contributed by atoms with Crippen molar-refractivity contribution in [1.82, 2.24) is 19.4 Å². The topological polar surface area (TPSA) is 41.4 Å². The molecule has 1 aliphatic heterocycles. The van der Waals surface area contributed by atoms with Crippen LogP contribution in [0.15, 0.2) is 6.20 Å². The molecular weight excluding hydrogens is 300 g/mol. The molecule has 0 N–H and O–H groups in total. The largest absolute Gasteiger partial charge is 0.343 e. The summed E-state index contributed by atoms with van der Waals surface area (Å²) in [5, 5.41) is 0.663. The van der Waals surface area contributed by atoms with Crippen LogP contribution in [0.5, 0.6) is 0 Å². The first-order valence-electron chi connectivity index (χ1n) is 8.17. The van der Waals surface area contributed by atoms with E-state index >= 15 is 0 Å². The van der Waals surface area contributed by atoms with Gasteiger partial charge in [0.05, 0.1) is 6.20 Å². The normalized spacial score (nSPS) is 16.5. The Kier molecular flexibility index (Phi) is 6.26. The number of carbonyl (C=O) groups excluding carboxylic acids is 1. The molecule has 2 heterocycles. The van der Waals surface area contributed by atoms with E-state index in [-0.39, 0.29) is 5.91 Å². The summed E-state index contributed by atoms with van der Waals surface area (Å²) in [6.45, 7) is 4.70. The molecule has 0 saturated carbocycles. The number of aromatic nitrogens is 2. The lowest BCUT2D eigenvalue weighted by Crippen LogP contribution is -2.44. The highest BCUT2D eigenvalue weighted by Crippen LogP contribution is 2.17. The summed E-state index contributed by atoms with van der Waals surface area (Å²) >= 11 is 6.13. The Morgan fingerprint density at radius 3 is 2.68 bits per heavy atom. The molecule has 0 unspecified atom stereocenters. The summed E-state index contributed by atoms with van der Waals surface area (Å²) in [4.78, 5) is 21.0. The number of aryl methyl sites for hydroxylation is 1. The third kappa shape index (κ3) is 4.23. The molecule has 0 aliphatic carbocycles. The van der Waals surface area contributed by atoms with Gasteiger partial charge in [-0.25, -0.2) is 4.98 Å². The van der Waals surface area contributed by atoms with E-state index in [9.17, 15) is 4.79 Å². The van der Waals surface area contributed by atoms with Crippen LogP contribution in [0.3, 0.4) is 0 Å². The van der Waals surface area contributed by atoms with Crippen molar-refractivity contribution in [2.45, 2.75) is 51.6 Å². The first-order valence-corrected chi connectivity index (χ1v) is 8.54. The van der Waals surface area contributed by atoms with Crippen molar-refractivity contribution in [3.63, 3.8) is 0 Å². The van der Waals surface area contributed by atoms with E-state index in [2.05, 4.69) is 30.9 Å². The maximum Gasteiger partial charge on any atom is 0.223 e. The van der Waals surface area contributed by atoms with Gasteiger partial charge in [-0.3, -0.25) is 4.79 Å². The smallest absolute Gasteiger partial charge is 0.223 e. The third-order valence-electron chi connectivity index (χ3n) is 4.45. The quantitative estimate of drug-likeness (QED) is 0.806. The van der Waals surface area contributed by atoms with Crippen LogP contribution in [0.2, 0.25) is 5.15 Å². The summed E-state index contributed by atoms with van der Waals surface area (Å²) in [5.74, 6) is 1.16. The van der Waals surface area contributed by atoms with Crippen LogP contribution >= 0.6 is 11.6 Å². The Bertz CT molecular complexity index is 492. The zero-order valence-electron chi connectivity index (χ0n) is 13.9. The van der Waals surface area contributed by atoms with E-state index in [0.717, 1.165) is 44.7 Å². The number of halogens is 1. The fourth-order valence-corrected chi connectivity index (χ4v) is 3.29. The molecule has 5 nitrogen and oxygen atoms in total. The van der Waals surface area contributed by atoms with Gasteiger partial charge in [0.2, 0.25) is 5.91 Å². The van der Waals surface area contributed by atoms with Crippen molar-refractivity contribution in [2.24, 2.45) is 0 Å². The van der Waals surface area contributed by atoms with E-state index in [4.69, 9.17) is 11.6 Å². The molecule has 1 saturated heterocycles. The fraction of sp³-hybridized carbons (Fsp3) is 0.750. The van der Waals surface area contributed by atoms with Crippen molar-refractivity contribution in [3.8, 4) is 0 Å². The van der Waals surface area contributed by atoms with Crippen LogP contribution in [-0.2, 0) is 17.8 Å². The molecule has 0 aromatic carbocycles. The SMILES string of the molecule is CCCn1c(Cl)cnc1CCC(=O)N1CCC(N(C)C)CC1. The number of likely N-dealkylation sites (tertiary alicyclic amines) is 1. The van der Waals surface area contributed by atoms with Crippen LogP contribution in [0.1, 0.15) is 38.4 Å². The average Bonchev–Trinajstić information content (AvgIpc) is 2.86. The second-order valence-corrected chi connectivity index (χ2v) is 6.61. The van der Waals surface area contributed by atoms with Gasteiger partial charge in [-0.15, -0.1) is 0 Å².